The van der Waals surface area contributed by atoms with Gasteiger partial charge in [0, 0.05) is 28.7 Å². The van der Waals surface area contributed by atoms with Crippen molar-refractivity contribution < 1.29 is 9.59 Å². The second-order valence-electron chi connectivity index (χ2n) is 7.97. The van der Waals surface area contributed by atoms with E-state index in [9.17, 15) is 9.59 Å². The van der Waals surface area contributed by atoms with E-state index in [4.69, 9.17) is 23.2 Å². The number of nitrogens with one attached hydrogen (secondary N) is 1. The van der Waals surface area contributed by atoms with Crippen LogP contribution in [0.3, 0.4) is 0 Å². The highest BCUT2D eigenvalue weighted by atomic mass is 35.5. The molecule has 2 amide bonds. The van der Waals surface area contributed by atoms with Crippen molar-refractivity contribution in [3.63, 3.8) is 0 Å². The minimum atomic E-state index is -0.439. The van der Waals surface area contributed by atoms with Crippen molar-refractivity contribution in [2.75, 3.05) is 6.54 Å². The lowest BCUT2D eigenvalue weighted by Crippen LogP contribution is -2.61. The van der Waals surface area contributed by atoms with Gasteiger partial charge in [-0.1, -0.05) is 57.0 Å². The summed E-state index contributed by atoms with van der Waals surface area (Å²) >= 11 is 12.1. The zero-order chi connectivity index (χ0) is 20.1. The summed E-state index contributed by atoms with van der Waals surface area (Å²) in [5, 5.41) is 4.12. The molecule has 0 spiro atoms. The molecule has 2 rings (SSSR count). The molecule has 1 fully saturated rings. The van der Waals surface area contributed by atoms with Crippen LogP contribution in [0.4, 0.5) is 0 Å². The summed E-state index contributed by atoms with van der Waals surface area (Å²) in [6, 6.07) is 4.68. The summed E-state index contributed by atoms with van der Waals surface area (Å²) in [6.45, 7) is 8.86. The van der Waals surface area contributed by atoms with E-state index >= 15 is 0 Å². The van der Waals surface area contributed by atoms with E-state index in [1.54, 1.807) is 29.2 Å². The van der Waals surface area contributed by atoms with Crippen LogP contribution < -0.4 is 5.32 Å². The Kier molecular flexibility index (Phi) is 7.75. The molecule has 27 heavy (non-hydrogen) atoms. The summed E-state index contributed by atoms with van der Waals surface area (Å²) in [6.07, 6.45) is 4.66. The minimum absolute atomic E-state index is 0.0163. The highest BCUT2D eigenvalue weighted by Gasteiger charge is 2.36. The zero-order valence-corrected chi connectivity index (χ0v) is 17.8. The van der Waals surface area contributed by atoms with E-state index in [-0.39, 0.29) is 17.9 Å². The molecule has 1 saturated heterocycles. The van der Waals surface area contributed by atoms with Gasteiger partial charge in [0.15, 0.2) is 0 Å². The van der Waals surface area contributed by atoms with E-state index < -0.39 is 6.04 Å². The van der Waals surface area contributed by atoms with Crippen LogP contribution in [0.1, 0.15) is 46.1 Å². The van der Waals surface area contributed by atoms with Crippen molar-refractivity contribution in [3.8, 4) is 0 Å². The fraction of sp³-hybridized carbons (Fsp3) is 0.524. The zero-order valence-electron chi connectivity index (χ0n) is 16.3. The van der Waals surface area contributed by atoms with Crippen LogP contribution >= 0.6 is 23.2 Å². The van der Waals surface area contributed by atoms with Crippen molar-refractivity contribution >= 4 is 41.1 Å². The maximum atomic E-state index is 12.9. The lowest BCUT2D eigenvalue weighted by Gasteiger charge is -2.40. The molecule has 1 aromatic carbocycles. The first-order chi connectivity index (χ1) is 12.7. The molecule has 2 unspecified atom stereocenters. The van der Waals surface area contributed by atoms with Crippen LogP contribution in [-0.4, -0.2) is 35.3 Å². The number of carbonyl (C=O) groups is 2. The molecule has 0 saturated carbocycles. The second kappa shape index (κ2) is 9.61. The molecular weight excluding hydrogens is 383 g/mol. The summed E-state index contributed by atoms with van der Waals surface area (Å²) in [5.74, 6) is 0.520. The molecular formula is C21H28Cl2N2O2. The van der Waals surface area contributed by atoms with Crippen molar-refractivity contribution in [1.82, 2.24) is 10.2 Å². The third kappa shape index (κ3) is 6.25. The van der Waals surface area contributed by atoms with Crippen LogP contribution in [-0.2, 0) is 9.59 Å². The first kappa shape index (κ1) is 21.8. The number of amides is 2. The molecule has 148 valence electrons. The van der Waals surface area contributed by atoms with Gasteiger partial charge in [-0.05, 0) is 48.4 Å². The van der Waals surface area contributed by atoms with E-state index in [1.807, 2.05) is 0 Å². The van der Waals surface area contributed by atoms with Gasteiger partial charge < -0.3 is 10.2 Å². The van der Waals surface area contributed by atoms with Crippen LogP contribution in [0.5, 0.6) is 0 Å². The number of nitrogens with zero attached hydrogens (tertiary/aromatic N) is 1. The van der Waals surface area contributed by atoms with Gasteiger partial charge in [-0.15, -0.1) is 0 Å². The molecule has 6 heteroatoms. The smallest absolute Gasteiger partial charge is 0.247 e. The molecule has 0 aromatic heterocycles. The van der Waals surface area contributed by atoms with E-state index in [0.29, 0.717) is 34.8 Å². The first-order valence-electron chi connectivity index (χ1n) is 9.41. The second-order valence-corrected chi connectivity index (χ2v) is 8.81. The molecule has 4 nitrogen and oxygen atoms in total. The van der Waals surface area contributed by atoms with Crippen LogP contribution in [0.25, 0.3) is 6.08 Å². The fourth-order valence-electron chi connectivity index (χ4n) is 3.37. The Bertz CT molecular complexity index is 716. The number of hydrogen-bond donors (Lipinski definition) is 1. The third-order valence-corrected chi connectivity index (χ3v) is 5.11. The van der Waals surface area contributed by atoms with Gasteiger partial charge in [0.2, 0.25) is 11.8 Å². The largest absolute Gasteiger partial charge is 0.350 e. The van der Waals surface area contributed by atoms with Crippen LogP contribution in [0.2, 0.25) is 10.0 Å². The number of benzene rings is 1. The lowest BCUT2D eigenvalue weighted by atomic mass is 9.95. The van der Waals surface area contributed by atoms with Crippen molar-refractivity contribution in [1.29, 1.82) is 0 Å². The van der Waals surface area contributed by atoms with Crippen molar-refractivity contribution in [2.45, 2.75) is 52.6 Å². The van der Waals surface area contributed by atoms with E-state index in [1.165, 1.54) is 6.08 Å². The Labute approximate surface area is 171 Å². The Morgan fingerprint density at radius 3 is 2.48 bits per heavy atom. The highest BCUT2D eigenvalue weighted by molar-refractivity contribution is 6.35. The normalized spacial score (nSPS) is 20.6. The summed E-state index contributed by atoms with van der Waals surface area (Å²) < 4.78 is 0. The molecule has 1 aliphatic rings. The van der Waals surface area contributed by atoms with Crippen LogP contribution in [0.15, 0.2) is 24.3 Å². The Balaban J connectivity index is 2.20. The summed E-state index contributed by atoms with van der Waals surface area (Å²) in [7, 11) is 0. The van der Waals surface area contributed by atoms with Gasteiger partial charge in [-0.3, -0.25) is 9.59 Å². The predicted octanol–water partition coefficient (Wildman–Crippen LogP) is 4.79. The standard InChI is InChI=1S/C21H28Cl2N2O2/c1-13(2)9-17-12-25(19(10-14(3)4)21(27)24-17)20(26)8-6-15-5-7-16(22)11-18(15)23/h5-8,11,13-14,17,19H,9-10,12H2,1-4H3,(H,24,27). The molecule has 1 aliphatic heterocycles. The van der Waals surface area contributed by atoms with Gasteiger partial charge in [0.05, 0.1) is 0 Å². The molecule has 0 aliphatic carbocycles. The van der Waals surface area contributed by atoms with E-state index in [0.717, 1.165) is 12.0 Å². The predicted molar refractivity (Wildman–Crippen MR) is 112 cm³/mol. The minimum Gasteiger partial charge on any atom is -0.350 e. The van der Waals surface area contributed by atoms with Gasteiger partial charge in [0.1, 0.15) is 6.04 Å². The van der Waals surface area contributed by atoms with Crippen molar-refractivity contribution in [3.05, 3.63) is 39.9 Å². The summed E-state index contributed by atoms with van der Waals surface area (Å²) in [4.78, 5) is 27.2. The number of rotatable bonds is 6. The quantitative estimate of drug-likeness (QED) is 0.684. The van der Waals surface area contributed by atoms with Crippen LogP contribution in [0, 0.1) is 11.8 Å². The average Bonchev–Trinajstić information content (AvgIpc) is 2.55. The maximum Gasteiger partial charge on any atom is 0.247 e. The highest BCUT2D eigenvalue weighted by Crippen LogP contribution is 2.23. The number of hydrogen-bond acceptors (Lipinski definition) is 2. The Morgan fingerprint density at radius 1 is 1.22 bits per heavy atom. The maximum absolute atomic E-state index is 12.9. The lowest BCUT2D eigenvalue weighted by molar-refractivity contribution is -0.142. The molecule has 1 heterocycles. The first-order valence-corrected chi connectivity index (χ1v) is 10.2. The Morgan fingerprint density at radius 2 is 1.89 bits per heavy atom. The van der Waals surface area contributed by atoms with Gasteiger partial charge in [0.25, 0.3) is 0 Å². The number of piperazine rings is 1. The number of halogens is 2. The Hall–Kier alpha value is -1.52. The van der Waals surface area contributed by atoms with Gasteiger partial charge in [-0.25, -0.2) is 0 Å². The molecule has 1 aromatic rings. The average molecular weight is 411 g/mol. The van der Waals surface area contributed by atoms with Gasteiger partial charge >= 0.3 is 0 Å². The van der Waals surface area contributed by atoms with E-state index in [2.05, 4.69) is 33.0 Å². The van der Waals surface area contributed by atoms with Gasteiger partial charge in [-0.2, -0.15) is 0 Å². The number of carbonyl (C=O) groups excluding carboxylic acids is 2. The fourth-order valence-corrected chi connectivity index (χ4v) is 3.84. The SMILES string of the molecule is CC(C)CC1CN(C(=O)C=Cc2ccc(Cl)cc2Cl)C(CC(C)C)C(=O)N1. The third-order valence-electron chi connectivity index (χ3n) is 4.54. The topological polar surface area (TPSA) is 49.4 Å². The molecule has 0 bridgehead atoms. The monoisotopic (exact) mass is 410 g/mol. The molecule has 2 atom stereocenters. The van der Waals surface area contributed by atoms with Crippen molar-refractivity contribution in [2.24, 2.45) is 11.8 Å². The summed E-state index contributed by atoms with van der Waals surface area (Å²) in [5.41, 5.74) is 0.718. The molecule has 0 radical (unpaired) electrons. The molecule has 1 N–H and O–H groups in total.